The second-order valence-corrected chi connectivity index (χ2v) is 6.55. The van der Waals surface area contributed by atoms with Crippen molar-refractivity contribution >= 4 is 18.3 Å². The van der Waals surface area contributed by atoms with E-state index in [1.807, 2.05) is 31.2 Å². The molecule has 1 aromatic carbocycles. The van der Waals surface area contributed by atoms with Crippen LogP contribution < -0.4 is 5.46 Å². The van der Waals surface area contributed by atoms with Gasteiger partial charge in [-0.2, -0.15) is 5.26 Å². The average molecular weight is 316 g/mol. The maximum atomic E-state index is 9.45. The summed E-state index contributed by atoms with van der Waals surface area (Å²) in [6.45, 7) is 5.79. The predicted molar refractivity (Wildman–Crippen MR) is 106 cm³/mol. The minimum atomic E-state index is 0.666. The van der Waals surface area contributed by atoms with Gasteiger partial charge < -0.3 is 0 Å². The van der Waals surface area contributed by atoms with Gasteiger partial charge in [-0.25, -0.2) is 0 Å². The summed E-state index contributed by atoms with van der Waals surface area (Å²) < 4.78 is 0. The molecule has 0 aromatic heterocycles. The van der Waals surface area contributed by atoms with Gasteiger partial charge in [-0.15, -0.1) is 0 Å². The van der Waals surface area contributed by atoms with Crippen molar-refractivity contribution < 1.29 is 0 Å². The molecule has 2 rings (SSSR count). The zero-order valence-corrected chi connectivity index (χ0v) is 14.8. The first-order chi connectivity index (χ1) is 11.8. The zero-order chi connectivity index (χ0) is 17.2. The first-order valence-corrected chi connectivity index (χ1v) is 9.13. The summed E-state index contributed by atoms with van der Waals surface area (Å²) in [6, 6.07) is 8.51. The smallest absolute Gasteiger partial charge is 0.155 e. The summed E-state index contributed by atoms with van der Waals surface area (Å²) >= 11 is 0. The SMILES string of the molecule is C=C/C=C(\C=C/C)c1cc([B]C2CCCCCCC2)ccc1C#N. The van der Waals surface area contributed by atoms with E-state index in [1.165, 1.54) is 50.4 Å². The molecule has 0 aliphatic heterocycles. The molecule has 1 aliphatic rings. The van der Waals surface area contributed by atoms with Crippen LogP contribution in [0.3, 0.4) is 0 Å². The van der Waals surface area contributed by atoms with Gasteiger partial charge in [-0.3, -0.25) is 0 Å². The molecule has 1 nitrogen and oxygen atoms in total. The Bertz CT molecular complexity index is 640. The Balaban J connectivity index is 2.25. The van der Waals surface area contributed by atoms with Crippen LogP contribution in [0.15, 0.2) is 49.1 Å². The molecule has 1 aliphatic carbocycles. The normalized spacial score (nSPS) is 17.1. The largest absolute Gasteiger partial charge is 0.192 e. The van der Waals surface area contributed by atoms with Gasteiger partial charge in [-0.1, -0.05) is 99.2 Å². The molecule has 0 heterocycles. The van der Waals surface area contributed by atoms with Crippen molar-refractivity contribution in [1.29, 1.82) is 5.26 Å². The van der Waals surface area contributed by atoms with Crippen molar-refractivity contribution in [3.63, 3.8) is 0 Å². The lowest BCUT2D eigenvalue weighted by molar-refractivity contribution is 0.502. The van der Waals surface area contributed by atoms with Crippen LogP contribution in [0.5, 0.6) is 0 Å². The van der Waals surface area contributed by atoms with Gasteiger partial charge in [0.15, 0.2) is 7.28 Å². The Morgan fingerprint density at radius 3 is 2.54 bits per heavy atom. The first kappa shape index (κ1) is 18.3. The van der Waals surface area contributed by atoms with Gasteiger partial charge in [0, 0.05) is 0 Å². The third-order valence-corrected chi connectivity index (χ3v) is 4.70. The molecule has 0 amide bonds. The fourth-order valence-electron chi connectivity index (χ4n) is 3.47. The predicted octanol–water partition coefficient (Wildman–Crippen LogP) is 5.57. The fraction of sp³-hybridized carbons (Fsp3) is 0.409. The monoisotopic (exact) mass is 316 g/mol. The molecule has 1 saturated carbocycles. The van der Waals surface area contributed by atoms with E-state index >= 15 is 0 Å². The molecule has 0 bridgehead atoms. The van der Waals surface area contributed by atoms with Crippen molar-refractivity contribution in [1.82, 2.24) is 0 Å². The summed E-state index contributed by atoms with van der Waals surface area (Å²) in [4.78, 5) is 0. The van der Waals surface area contributed by atoms with Crippen LogP contribution in [0.2, 0.25) is 5.82 Å². The van der Waals surface area contributed by atoms with Crippen LogP contribution in [-0.4, -0.2) is 7.28 Å². The molecule has 24 heavy (non-hydrogen) atoms. The van der Waals surface area contributed by atoms with Gasteiger partial charge in [-0.05, 0) is 24.1 Å². The van der Waals surface area contributed by atoms with E-state index in [0.29, 0.717) is 5.82 Å². The highest BCUT2D eigenvalue weighted by Gasteiger charge is 2.15. The second-order valence-electron chi connectivity index (χ2n) is 6.55. The number of allylic oxidation sites excluding steroid dienone is 5. The van der Waals surface area contributed by atoms with E-state index in [2.05, 4.69) is 32.1 Å². The fourth-order valence-corrected chi connectivity index (χ4v) is 3.47. The molecule has 123 valence electrons. The van der Waals surface area contributed by atoms with Crippen LogP contribution in [0.4, 0.5) is 0 Å². The van der Waals surface area contributed by atoms with Gasteiger partial charge in [0.05, 0.1) is 11.6 Å². The van der Waals surface area contributed by atoms with Gasteiger partial charge in [0.2, 0.25) is 0 Å². The van der Waals surface area contributed by atoms with E-state index in [4.69, 9.17) is 0 Å². The number of benzene rings is 1. The summed E-state index contributed by atoms with van der Waals surface area (Å²) in [5.41, 5.74) is 3.98. The van der Waals surface area contributed by atoms with E-state index in [1.54, 1.807) is 6.08 Å². The number of rotatable bonds is 5. The third kappa shape index (κ3) is 5.27. The maximum absolute atomic E-state index is 9.45. The molecule has 0 N–H and O–H groups in total. The average Bonchev–Trinajstić information content (AvgIpc) is 2.57. The lowest BCUT2D eigenvalue weighted by Gasteiger charge is -2.19. The van der Waals surface area contributed by atoms with Crippen molar-refractivity contribution in [3.05, 3.63) is 60.2 Å². The summed E-state index contributed by atoms with van der Waals surface area (Å²) in [5, 5.41) is 9.45. The van der Waals surface area contributed by atoms with Crippen molar-refractivity contribution in [2.75, 3.05) is 0 Å². The Labute approximate surface area is 148 Å². The summed E-state index contributed by atoms with van der Waals surface area (Å²) in [5.74, 6) is 0.666. The third-order valence-electron chi connectivity index (χ3n) is 4.70. The molecule has 1 radical (unpaired) electrons. The Morgan fingerprint density at radius 2 is 1.92 bits per heavy atom. The summed E-state index contributed by atoms with van der Waals surface area (Å²) in [6.07, 6.45) is 17.2. The minimum absolute atomic E-state index is 0.666. The van der Waals surface area contributed by atoms with Crippen LogP contribution in [-0.2, 0) is 0 Å². The van der Waals surface area contributed by atoms with Crippen molar-refractivity contribution in [3.8, 4) is 6.07 Å². The molecular weight excluding hydrogens is 289 g/mol. The molecule has 0 spiro atoms. The van der Waals surface area contributed by atoms with Gasteiger partial charge >= 0.3 is 0 Å². The minimum Gasteiger partial charge on any atom is -0.192 e. The molecular formula is C22H27BN. The van der Waals surface area contributed by atoms with Crippen LogP contribution >= 0.6 is 0 Å². The number of nitrogens with zero attached hydrogens (tertiary/aromatic N) is 1. The lowest BCUT2D eigenvalue weighted by Crippen LogP contribution is -2.21. The van der Waals surface area contributed by atoms with Crippen molar-refractivity contribution in [2.45, 2.75) is 57.7 Å². The zero-order valence-electron chi connectivity index (χ0n) is 14.8. The molecule has 2 heteroatoms. The first-order valence-electron chi connectivity index (χ1n) is 9.13. The number of nitriles is 1. The van der Waals surface area contributed by atoms with Crippen molar-refractivity contribution in [2.24, 2.45) is 0 Å². The molecule has 0 unspecified atom stereocenters. The standard InChI is InChI=1S/C22H27BN/c1-3-10-18(11-4-2)22-16-21(15-14-19(22)17-24)23-20-12-8-6-5-7-9-13-20/h3-4,10-11,14-16,20H,1,5-9,12-13H2,2H3/b11-4-,18-10+. The van der Waals surface area contributed by atoms with Crippen LogP contribution in [0, 0.1) is 11.3 Å². The topological polar surface area (TPSA) is 23.8 Å². The van der Waals surface area contributed by atoms with Gasteiger partial charge in [0.1, 0.15) is 0 Å². The Morgan fingerprint density at radius 1 is 1.21 bits per heavy atom. The Kier molecular flexibility index (Phi) is 7.63. The Hall–Kier alpha value is -2.01. The second kappa shape index (κ2) is 9.98. The lowest BCUT2D eigenvalue weighted by atomic mass is 9.55. The number of hydrogen-bond acceptors (Lipinski definition) is 1. The summed E-state index contributed by atoms with van der Waals surface area (Å²) in [7, 11) is 2.41. The number of hydrogen-bond donors (Lipinski definition) is 0. The highest BCUT2D eigenvalue weighted by Crippen LogP contribution is 2.26. The van der Waals surface area contributed by atoms with E-state index in [9.17, 15) is 5.26 Å². The highest BCUT2D eigenvalue weighted by molar-refractivity contribution is 6.55. The molecule has 1 aromatic rings. The maximum Gasteiger partial charge on any atom is 0.155 e. The molecule has 0 saturated heterocycles. The van der Waals surface area contributed by atoms with Gasteiger partial charge in [0.25, 0.3) is 0 Å². The van der Waals surface area contributed by atoms with Crippen LogP contribution in [0.25, 0.3) is 5.57 Å². The highest BCUT2D eigenvalue weighted by atomic mass is 14.2. The van der Waals surface area contributed by atoms with E-state index < -0.39 is 0 Å². The quantitative estimate of drug-likeness (QED) is 0.515. The van der Waals surface area contributed by atoms with E-state index in [0.717, 1.165) is 16.7 Å². The molecule has 1 fully saturated rings. The van der Waals surface area contributed by atoms with Crippen LogP contribution in [0.1, 0.15) is 63.0 Å². The molecule has 0 atom stereocenters. The van der Waals surface area contributed by atoms with E-state index in [-0.39, 0.29) is 0 Å².